The summed E-state index contributed by atoms with van der Waals surface area (Å²) in [5.74, 6) is 0.587. The summed E-state index contributed by atoms with van der Waals surface area (Å²) < 4.78 is 0. The van der Waals surface area contributed by atoms with Gasteiger partial charge < -0.3 is 0 Å². The number of rotatable bonds is 1. The fourth-order valence-electron chi connectivity index (χ4n) is 1.21. The quantitative estimate of drug-likeness (QED) is 0.708. The van der Waals surface area contributed by atoms with Crippen LogP contribution in [0.4, 0.5) is 0 Å². The average Bonchev–Trinajstić information content (AvgIpc) is 2.22. The lowest BCUT2D eigenvalue weighted by Gasteiger charge is -2.02. The summed E-state index contributed by atoms with van der Waals surface area (Å²) in [6.07, 6.45) is 1.62. The highest BCUT2D eigenvalue weighted by molar-refractivity contribution is 6.31. The number of nitrogens with zero attached hydrogens (tertiary/aromatic N) is 2. The molecule has 1 aromatic carbocycles. The van der Waals surface area contributed by atoms with Crippen LogP contribution in [0.5, 0.6) is 0 Å². The molecule has 2 nitrogen and oxygen atoms in total. The molecular formula is C11H8Cl2N2. The van der Waals surface area contributed by atoms with Crippen molar-refractivity contribution in [2.24, 2.45) is 0 Å². The van der Waals surface area contributed by atoms with Crippen molar-refractivity contribution in [2.75, 3.05) is 0 Å². The highest BCUT2D eigenvalue weighted by Crippen LogP contribution is 2.23. The van der Waals surface area contributed by atoms with E-state index in [0.717, 1.165) is 11.1 Å². The largest absolute Gasteiger partial charge is 0.236 e. The molecular weight excluding hydrogens is 231 g/mol. The van der Waals surface area contributed by atoms with Crippen molar-refractivity contribution in [3.05, 3.63) is 46.2 Å². The standard InChI is InChI=1S/C11H8Cl2N2/c1-7-2-3-8(6-9(7)12)11-14-5-4-10(13)15-11/h2-6H,1H3. The van der Waals surface area contributed by atoms with Crippen LogP contribution in [0.15, 0.2) is 30.5 Å². The van der Waals surface area contributed by atoms with E-state index in [4.69, 9.17) is 23.2 Å². The van der Waals surface area contributed by atoms with Crippen molar-refractivity contribution in [2.45, 2.75) is 6.92 Å². The monoisotopic (exact) mass is 238 g/mol. The van der Waals surface area contributed by atoms with Crippen molar-refractivity contribution in [1.29, 1.82) is 0 Å². The highest BCUT2D eigenvalue weighted by Gasteiger charge is 2.03. The van der Waals surface area contributed by atoms with Crippen LogP contribution in [0.2, 0.25) is 10.2 Å². The van der Waals surface area contributed by atoms with Gasteiger partial charge in [-0.2, -0.15) is 0 Å². The average molecular weight is 239 g/mol. The number of benzene rings is 1. The Kier molecular flexibility index (Phi) is 2.89. The Balaban J connectivity index is 2.50. The van der Waals surface area contributed by atoms with Crippen molar-refractivity contribution < 1.29 is 0 Å². The molecule has 0 radical (unpaired) electrons. The maximum Gasteiger partial charge on any atom is 0.160 e. The van der Waals surface area contributed by atoms with E-state index in [-0.39, 0.29) is 0 Å². The second-order valence-electron chi connectivity index (χ2n) is 3.17. The topological polar surface area (TPSA) is 25.8 Å². The number of hydrogen-bond acceptors (Lipinski definition) is 2. The number of halogens is 2. The number of aromatic nitrogens is 2. The zero-order valence-electron chi connectivity index (χ0n) is 8.04. The van der Waals surface area contributed by atoms with Gasteiger partial charge in [0.1, 0.15) is 5.15 Å². The normalized spacial score (nSPS) is 10.3. The SMILES string of the molecule is Cc1ccc(-c2nccc(Cl)n2)cc1Cl. The van der Waals surface area contributed by atoms with E-state index in [2.05, 4.69) is 9.97 Å². The maximum atomic E-state index is 6.01. The van der Waals surface area contributed by atoms with Gasteiger partial charge in [0.15, 0.2) is 5.82 Å². The molecule has 0 bridgehead atoms. The van der Waals surface area contributed by atoms with Crippen LogP contribution >= 0.6 is 23.2 Å². The molecule has 0 spiro atoms. The van der Waals surface area contributed by atoms with Crippen LogP contribution in [0.1, 0.15) is 5.56 Å². The third kappa shape index (κ3) is 2.28. The molecule has 2 rings (SSSR count). The van der Waals surface area contributed by atoms with Crippen molar-refractivity contribution in [3.8, 4) is 11.4 Å². The van der Waals surface area contributed by atoms with E-state index in [9.17, 15) is 0 Å². The van der Waals surface area contributed by atoms with Gasteiger partial charge in [0.05, 0.1) is 0 Å². The van der Waals surface area contributed by atoms with Crippen LogP contribution in [0, 0.1) is 6.92 Å². The minimum absolute atomic E-state index is 0.427. The Morgan fingerprint density at radius 3 is 2.60 bits per heavy atom. The van der Waals surface area contributed by atoms with Crippen LogP contribution in [-0.2, 0) is 0 Å². The lowest BCUT2D eigenvalue weighted by atomic mass is 10.1. The van der Waals surface area contributed by atoms with Gasteiger partial charge in [-0.25, -0.2) is 9.97 Å². The summed E-state index contributed by atoms with van der Waals surface area (Å²) in [4.78, 5) is 8.24. The van der Waals surface area contributed by atoms with Gasteiger partial charge in [-0.15, -0.1) is 0 Å². The molecule has 0 unspecified atom stereocenters. The summed E-state index contributed by atoms with van der Waals surface area (Å²) in [5, 5.41) is 1.13. The molecule has 0 aliphatic heterocycles. The smallest absolute Gasteiger partial charge is 0.160 e. The molecule has 4 heteroatoms. The zero-order valence-corrected chi connectivity index (χ0v) is 9.55. The highest BCUT2D eigenvalue weighted by atomic mass is 35.5. The van der Waals surface area contributed by atoms with E-state index in [0.29, 0.717) is 16.0 Å². The Morgan fingerprint density at radius 2 is 1.93 bits per heavy atom. The van der Waals surface area contributed by atoms with Gasteiger partial charge in [-0.05, 0) is 24.6 Å². The van der Waals surface area contributed by atoms with Crippen LogP contribution in [0.3, 0.4) is 0 Å². The minimum Gasteiger partial charge on any atom is -0.236 e. The number of aryl methyl sites for hydroxylation is 1. The molecule has 0 saturated carbocycles. The molecule has 0 atom stereocenters. The number of hydrogen-bond donors (Lipinski definition) is 0. The lowest BCUT2D eigenvalue weighted by molar-refractivity contribution is 1.17. The first-order valence-corrected chi connectivity index (χ1v) is 5.17. The Morgan fingerprint density at radius 1 is 1.13 bits per heavy atom. The fourth-order valence-corrected chi connectivity index (χ4v) is 1.52. The van der Waals surface area contributed by atoms with Crippen LogP contribution in [0.25, 0.3) is 11.4 Å². The summed E-state index contributed by atoms with van der Waals surface area (Å²) in [5.41, 5.74) is 1.90. The Bertz CT molecular complexity index is 498. The molecule has 0 aliphatic rings. The van der Waals surface area contributed by atoms with Gasteiger partial charge in [0.2, 0.25) is 0 Å². The Labute approximate surface area is 97.9 Å². The van der Waals surface area contributed by atoms with Gasteiger partial charge >= 0.3 is 0 Å². The third-order valence-electron chi connectivity index (χ3n) is 2.05. The summed E-state index contributed by atoms with van der Waals surface area (Å²) in [6.45, 7) is 1.95. The van der Waals surface area contributed by atoms with Crippen molar-refractivity contribution in [1.82, 2.24) is 9.97 Å². The molecule has 76 valence electrons. The second-order valence-corrected chi connectivity index (χ2v) is 3.96. The molecule has 0 aliphatic carbocycles. The molecule has 15 heavy (non-hydrogen) atoms. The first-order valence-electron chi connectivity index (χ1n) is 4.42. The molecule has 0 fully saturated rings. The van der Waals surface area contributed by atoms with Gasteiger partial charge in [-0.3, -0.25) is 0 Å². The summed E-state index contributed by atoms with van der Waals surface area (Å²) in [6, 6.07) is 7.33. The van der Waals surface area contributed by atoms with E-state index in [1.807, 2.05) is 25.1 Å². The molecule has 0 saturated heterocycles. The predicted octanol–water partition coefficient (Wildman–Crippen LogP) is 3.76. The van der Waals surface area contributed by atoms with Crippen molar-refractivity contribution >= 4 is 23.2 Å². The third-order valence-corrected chi connectivity index (χ3v) is 2.67. The van der Waals surface area contributed by atoms with Crippen molar-refractivity contribution in [3.63, 3.8) is 0 Å². The molecule has 2 aromatic rings. The molecule has 0 N–H and O–H groups in total. The Hall–Kier alpha value is -1.12. The maximum absolute atomic E-state index is 6.01. The second kappa shape index (κ2) is 4.17. The lowest BCUT2D eigenvalue weighted by Crippen LogP contribution is -1.88. The van der Waals surface area contributed by atoms with E-state index >= 15 is 0 Å². The van der Waals surface area contributed by atoms with E-state index < -0.39 is 0 Å². The predicted molar refractivity (Wildman–Crippen MR) is 62.2 cm³/mol. The van der Waals surface area contributed by atoms with E-state index in [1.54, 1.807) is 12.3 Å². The van der Waals surface area contributed by atoms with E-state index in [1.165, 1.54) is 0 Å². The molecule has 1 heterocycles. The van der Waals surface area contributed by atoms with Crippen LogP contribution in [-0.4, -0.2) is 9.97 Å². The summed E-state index contributed by atoms with van der Waals surface area (Å²) in [7, 11) is 0. The first kappa shape index (κ1) is 10.4. The van der Waals surface area contributed by atoms with Gasteiger partial charge in [-0.1, -0.05) is 35.3 Å². The summed E-state index contributed by atoms with van der Waals surface area (Å²) >= 11 is 11.8. The minimum atomic E-state index is 0.427. The van der Waals surface area contributed by atoms with Gasteiger partial charge in [0.25, 0.3) is 0 Å². The van der Waals surface area contributed by atoms with Crippen LogP contribution < -0.4 is 0 Å². The molecule has 1 aromatic heterocycles. The molecule has 0 amide bonds. The van der Waals surface area contributed by atoms with Gasteiger partial charge in [0, 0.05) is 16.8 Å². The first-order chi connectivity index (χ1) is 7.16. The zero-order chi connectivity index (χ0) is 10.8. The fraction of sp³-hybridized carbons (Fsp3) is 0.0909.